The summed E-state index contributed by atoms with van der Waals surface area (Å²) in [5.41, 5.74) is 1.73. The number of hydrogen-bond acceptors (Lipinski definition) is 4. The van der Waals surface area contributed by atoms with Gasteiger partial charge >= 0.3 is 0 Å². The number of hydrogen-bond donors (Lipinski definition) is 2. The maximum atomic E-state index is 14.0. The molecule has 8 heteroatoms. The lowest BCUT2D eigenvalue weighted by Gasteiger charge is -2.09. The van der Waals surface area contributed by atoms with Crippen LogP contribution >= 0.6 is 0 Å². The van der Waals surface area contributed by atoms with Gasteiger partial charge in [-0.05, 0) is 54.9 Å². The second-order valence-corrected chi connectivity index (χ2v) is 8.66. The average Bonchev–Trinajstić information content (AvgIpc) is 2.79. The van der Waals surface area contributed by atoms with Crippen LogP contribution in [-0.4, -0.2) is 27.9 Å². The molecule has 31 heavy (non-hydrogen) atoms. The summed E-state index contributed by atoms with van der Waals surface area (Å²) in [6.07, 6.45) is 0.529. The van der Waals surface area contributed by atoms with Gasteiger partial charge in [-0.15, -0.1) is 0 Å². The molecule has 3 aromatic rings. The van der Waals surface area contributed by atoms with Crippen molar-refractivity contribution in [2.45, 2.75) is 17.9 Å². The fourth-order valence-electron chi connectivity index (χ4n) is 2.87. The van der Waals surface area contributed by atoms with Crippen LogP contribution in [0.15, 0.2) is 77.7 Å². The molecule has 0 unspecified atom stereocenters. The molecule has 3 rings (SSSR count). The number of halogens is 1. The van der Waals surface area contributed by atoms with E-state index in [4.69, 9.17) is 4.74 Å². The Hall–Kier alpha value is -3.23. The first-order chi connectivity index (χ1) is 14.9. The molecule has 0 aliphatic heterocycles. The van der Waals surface area contributed by atoms with E-state index < -0.39 is 21.7 Å². The Balaban J connectivity index is 1.53. The third kappa shape index (κ3) is 6.13. The summed E-state index contributed by atoms with van der Waals surface area (Å²) in [4.78, 5) is 12.1. The monoisotopic (exact) mass is 442 g/mol. The minimum atomic E-state index is -3.77. The minimum Gasteiger partial charge on any atom is -0.489 e. The largest absolute Gasteiger partial charge is 0.489 e. The molecule has 1 amide bonds. The molecule has 0 spiro atoms. The first kappa shape index (κ1) is 22.5. The van der Waals surface area contributed by atoms with Crippen LogP contribution < -0.4 is 14.8 Å². The number of ether oxygens (including phenoxy) is 1. The molecule has 0 fully saturated rings. The number of benzene rings is 3. The second kappa shape index (κ2) is 10.2. The Morgan fingerprint density at radius 2 is 1.68 bits per heavy atom. The van der Waals surface area contributed by atoms with E-state index in [0.717, 1.165) is 35.1 Å². The van der Waals surface area contributed by atoms with Gasteiger partial charge in [0.15, 0.2) is 0 Å². The maximum Gasteiger partial charge on any atom is 0.254 e. The quantitative estimate of drug-likeness (QED) is 0.533. The Bertz CT molecular complexity index is 1130. The van der Waals surface area contributed by atoms with Crippen LogP contribution in [0.4, 0.5) is 4.39 Å². The molecule has 162 valence electrons. The van der Waals surface area contributed by atoms with Gasteiger partial charge < -0.3 is 10.1 Å². The van der Waals surface area contributed by atoms with Crippen molar-refractivity contribution >= 4 is 15.9 Å². The SMILES string of the molecule is CNS(=O)(=O)c1ccc(F)c(C(=O)NCCc2ccc(OCc3ccccc3)cc2)c1. The summed E-state index contributed by atoms with van der Waals surface area (Å²) in [6.45, 7) is 0.746. The van der Waals surface area contributed by atoms with Gasteiger partial charge in [0.25, 0.3) is 5.91 Å². The lowest BCUT2D eigenvalue weighted by atomic mass is 10.1. The lowest BCUT2D eigenvalue weighted by molar-refractivity contribution is 0.0950. The van der Waals surface area contributed by atoms with Crippen LogP contribution in [-0.2, 0) is 23.1 Å². The Kier molecular flexibility index (Phi) is 7.38. The van der Waals surface area contributed by atoms with Crippen molar-refractivity contribution in [3.05, 3.63) is 95.3 Å². The van der Waals surface area contributed by atoms with Gasteiger partial charge in [0, 0.05) is 6.54 Å². The fourth-order valence-corrected chi connectivity index (χ4v) is 3.63. The third-order valence-corrected chi connectivity index (χ3v) is 6.04. The molecule has 2 N–H and O–H groups in total. The summed E-state index contributed by atoms with van der Waals surface area (Å²) in [5.74, 6) is -0.720. The van der Waals surface area contributed by atoms with Crippen LogP contribution in [0.1, 0.15) is 21.5 Å². The van der Waals surface area contributed by atoms with Crippen LogP contribution in [0.5, 0.6) is 5.75 Å². The Morgan fingerprint density at radius 1 is 0.968 bits per heavy atom. The predicted octanol–water partition coefficient (Wildman–Crippen LogP) is 3.29. The number of rotatable bonds is 9. The molecule has 6 nitrogen and oxygen atoms in total. The predicted molar refractivity (Wildman–Crippen MR) is 116 cm³/mol. The molecule has 0 atom stereocenters. The van der Waals surface area contributed by atoms with E-state index in [9.17, 15) is 17.6 Å². The topological polar surface area (TPSA) is 84.5 Å². The lowest BCUT2D eigenvalue weighted by Crippen LogP contribution is -2.27. The van der Waals surface area contributed by atoms with Crippen molar-refractivity contribution in [2.75, 3.05) is 13.6 Å². The molecule has 0 saturated carbocycles. The zero-order valence-corrected chi connectivity index (χ0v) is 17.8. The number of sulfonamides is 1. The summed E-state index contributed by atoms with van der Waals surface area (Å²) in [7, 11) is -2.52. The van der Waals surface area contributed by atoms with Crippen molar-refractivity contribution in [1.29, 1.82) is 0 Å². The van der Waals surface area contributed by atoms with Gasteiger partial charge in [-0.2, -0.15) is 0 Å². The number of nitrogens with one attached hydrogen (secondary N) is 2. The van der Waals surface area contributed by atoms with Gasteiger partial charge in [-0.25, -0.2) is 17.5 Å². The Labute approximate surface area is 181 Å². The van der Waals surface area contributed by atoms with Crippen LogP contribution in [0.25, 0.3) is 0 Å². The summed E-state index contributed by atoms with van der Waals surface area (Å²) in [6, 6.07) is 20.4. The minimum absolute atomic E-state index is 0.173. The zero-order chi connectivity index (χ0) is 22.3. The highest BCUT2D eigenvalue weighted by Crippen LogP contribution is 2.16. The summed E-state index contributed by atoms with van der Waals surface area (Å²) >= 11 is 0. The first-order valence-corrected chi connectivity index (χ1v) is 11.1. The van der Waals surface area contributed by atoms with Crippen LogP contribution in [0, 0.1) is 5.82 Å². The van der Waals surface area contributed by atoms with E-state index in [1.807, 2.05) is 54.6 Å². The normalized spacial score (nSPS) is 11.2. The molecule has 0 saturated heterocycles. The van der Waals surface area contributed by atoms with Crippen LogP contribution in [0.2, 0.25) is 0 Å². The van der Waals surface area contributed by atoms with Crippen molar-refractivity contribution in [3.63, 3.8) is 0 Å². The van der Waals surface area contributed by atoms with E-state index in [-0.39, 0.29) is 17.0 Å². The average molecular weight is 443 g/mol. The first-order valence-electron chi connectivity index (χ1n) is 9.66. The van der Waals surface area contributed by atoms with E-state index in [1.54, 1.807) is 0 Å². The van der Waals surface area contributed by atoms with Gasteiger partial charge in [0.05, 0.1) is 10.5 Å². The number of carbonyl (C=O) groups excluding carboxylic acids is 1. The van der Waals surface area contributed by atoms with E-state index >= 15 is 0 Å². The fraction of sp³-hybridized carbons (Fsp3) is 0.174. The van der Waals surface area contributed by atoms with Gasteiger partial charge in [-0.3, -0.25) is 4.79 Å². The Morgan fingerprint density at radius 3 is 2.35 bits per heavy atom. The standard InChI is InChI=1S/C23H23FN2O4S/c1-25-31(28,29)20-11-12-22(24)21(15-20)23(27)26-14-13-17-7-9-19(10-8-17)30-16-18-5-3-2-4-6-18/h2-12,15,25H,13-14,16H2,1H3,(H,26,27). The van der Waals surface area contributed by atoms with Gasteiger partial charge in [-0.1, -0.05) is 42.5 Å². The molecule has 0 bridgehead atoms. The van der Waals surface area contributed by atoms with Gasteiger partial charge in [0.1, 0.15) is 18.2 Å². The van der Waals surface area contributed by atoms with Crippen molar-refractivity contribution in [1.82, 2.24) is 10.0 Å². The smallest absolute Gasteiger partial charge is 0.254 e. The van der Waals surface area contributed by atoms with Crippen LogP contribution in [0.3, 0.4) is 0 Å². The zero-order valence-electron chi connectivity index (χ0n) is 17.0. The van der Waals surface area contributed by atoms with E-state index in [2.05, 4.69) is 10.0 Å². The molecule has 0 heterocycles. The van der Waals surface area contributed by atoms with E-state index in [0.29, 0.717) is 13.0 Å². The molecular weight excluding hydrogens is 419 g/mol. The summed E-state index contributed by atoms with van der Waals surface area (Å²) in [5, 5.41) is 2.62. The molecule has 0 aliphatic rings. The number of amides is 1. The molecule has 3 aromatic carbocycles. The molecule has 0 aromatic heterocycles. The van der Waals surface area contributed by atoms with Crippen molar-refractivity contribution < 1.29 is 22.3 Å². The van der Waals surface area contributed by atoms with Crippen molar-refractivity contribution in [2.24, 2.45) is 0 Å². The molecular formula is C23H23FN2O4S. The highest BCUT2D eigenvalue weighted by Gasteiger charge is 2.18. The highest BCUT2D eigenvalue weighted by atomic mass is 32.2. The summed E-state index contributed by atoms with van der Waals surface area (Å²) < 4.78 is 45.6. The molecule has 0 aliphatic carbocycles. The second-order valence-electron chi connectivity index (χ2n) is 6.77. The van der Waals surface area contributed by atoms with Gasteiger partial charge in [0.2, 0.25) is 10.0 Å². The van der Waals surface area contributed by atoms with E-state index in [1.165, 1.54) is 7.05 Å². The maximum absolute atomic E-state index is 14.0. The third-order valence-electron chi connectivity index (χ3n) is 4.63. The van der Waals surface area contributed by atoms with Crippen molar-refractivity contribution in [3.8, 4) is 5.75 Å². The number of carbonyl (C=O) groups is 1. The highest BCUT2D eigenvalue weighted by molar-refractivity contribution is 7.89. The molecule has 0 radical (unpaired) electrons.